The lowest BCUT2D eigenvalue weighted by Crippen LogP contribution is -2.49. The Labute approximate surface area is 185 Å². The van der Waals surface area contributed by atoms with Gasteiger partial charge in [0.1, 0.15) is 5.82 Å². The van der Waals surface area contributed by atoms with Crippen molar-refractivity contribution < 1.29 is 9.18 Å². The topological polar surface area (TPSA) is 67.2 Å². The van der Waals surface area contributed by atoms with Crippen molar-refractivity contribution in [3.05, 3.63) is 59.9 Å². The van der Waals surface area contributed by atoms with Crippen molar-refractivity contribution in [2.45, 2.75) is 24.9 Å². The molecule has 31 heavy (non-hydrogen) atoms. The third-order valence-corrected chi connectivity index (χ3v) is 6.30. The van der Waals surface area contributed by atoms with Gasteiger partial charge in [-0.3, -0.25) is 4.79 Å². The SMILES string of the molecule is CC(C)c1ccc(-n2nnnc2SCC(=O)N2CCN(c3ccccc3F)CC2)cc1. The standard InChI is InChI=1S/C22H25FN6OS/c1-16(2)17-7-9-18(10-8-17)29-22(24-25-26-29)31-15-21(30)28-13-11-27(12-14-28)20-6-4-3-5-19(20)23/h3-10,16H,11-15H2,1-2H3. The quantitative estimate of drug-likeness (QED) is 0.548. The second-order valence-corrected chi connectivity index (χ2v) is 8.67. The summed E-state index contributed by atoms with van der Waals surface area (Å²) in [5, 5.41) is 12.5. The molecule has 1 aliphatic rings. The summed E-state index contributed by atoms with van der Waals surface area (Å²) in [5.41, 5.74) is 2.70. The van der Waals surface area contributed by atoms with Crippen LogP contribution in [0.4, 0.5) is 10.1 Å². The molecule has 0 N–H and O–H groups in total. The van der Waals surface area contributed by atoms with Gasteiger partial charge in [0.15, 0.2) is 0 Å². The number of carbonyl (C=O) groups is 1. The zero-order valence-corrected chi connectivity index (χ0v) is 18.4. The van der Waals surface area contributed by atoms with Crippen molar-refractivity contribution in [3.8, 4) is 5.69 Å². The van der Waals surface area contributed by atoms with Gasteiger partial charge in [-0.05, 0) is 46.2 Å². The van der Waals surface area contributed by atoms with Crippen LogP contribution in [0.1, 0.15) is 25.3 Å². The lowest BCUT2D eigenvalue weighted by atomic mass is 10.0. The van der Waals surface area contributed by atoms with E-state index in [1.807, 2.05) is 28.0 Å². The molecule has 1 aromatic heterocycles. The minimum atomic E-state index is -0.230. The van der Waals surface area contributed by atoms with Gasteiger partial charge in [0.25, 0.3) is 0 Å². The number of benzene rings is 2. The van der Waals surface area contributed by atoms with Gasteiger partial charge in [-0.2, -0.15) is 4.68 Å². The number of hydrogen-bond acceptors (Lipinski definition) is 6. The number of hydrogen-bond donors (Lipinski definition) is 0. The molecule has 4 rings (SSSR count). The Morgan fingerprint density at radius 3 is 2.45 bits per heavy atom. The first-order chi connectivity index (χ1) is 15.0. The molecule has 1 fully saturated rings. The van der Waals surface area contributed by atoms with E-state index in [1.54, 1.807) is 16.8 Å². The van der Waals surface area contributed by atoms with Crippen LogP contribution in [0.25, 0.3) is 5.69 Å². The number of tetrazole rings is 1. The minimum absolute atomic E-state index is 0.0305. The summed E-state index contributed by atoms with van der Waals surface area (Å²) in [6, 6.07) is 14.8. The molecule has 162 valence electrons. The molecule has 0 spiro atoms. The predicted octanol–water partition coefficient (Wildman–Crippen LogP) is 3.37. The highest BCUT2D eigenvalue weighted by Crippen LogP contribution is 2.23. The molecule has 1 saturated heterocycles. The number of para-hydroxylation sites is 1. The lowest BCUT2D eigenvalue weighted by Gasteiger charge is -2.36. The van der Waals surface area contributed by atoms with Crippen LogP contribution in [0.3, 0.4) is 0 Å². The minimum Gasteiger partial charge on any atom is -0.366 e. The molecule has 0 bridgehead atoms. The average Bonchev–Trinajstić information content (AvgIpc) is 3.26. The van der Waals surface area contributed by atoms with Gasteiger partial charge in [0.05, 0.1) is 17.1 Å². The molecule has 0 aliphatic carbocycles. The van der Waals surface area contributed by atoms with Gasteiger partial charge < -0.3 is 9.80 Å². The summed E-state index contributed by atoms with van der Waals surface area (Å²) in [7, 11) is 0. The summed E-state index contributed by atoms with van der Waals surface area (Å²) in [6.07, 6.45) is 0. The molecular weight excluding hydrogens is 415 g/mol. The number of aromatic nitrogens is 4. The van der Waals surface area contributed by atoms with E-state index in [9.17, 15) is 9.18 Å². The number of halogens is 1. The van der Waals surface area contributed by atoms with E-state index in [0.717, 1.165) is 5.69 Å². The zero-order valence-electron chi connectivity index (χ0n) is 17.6. The summed E-state index contributed by atoms with van der Waals surface area (Å²) in [6.45, 7) is 6.64. The molecular formula is C22H25FN6OS. The largest absolute Gasteiger partial charge is 0.366 e. The van der Waals surface area contributed by atoms with E-state index in [0.29, 0.717) is 42.9 Å². The Morgan fingerprint density at radius 2 is 1.77 bits per heavy atom. The Bertz CT molecular complexity index is 1030. The average molecular weight is 441 g/mol. The number of anilines is 1. The highest BCUT2D eigenvalue weighted by molar-refractivity contribution is 7.99. The molecule has 0 radical (unpaired) electrons. The van der Waals surface area contributed by atoms with Crippen molar-refractivity contribution in [1.29, 1.82) is 0 Å². The second-order valence-electron chi connectivity index (χ2n) is 7.73. The smallest absolute Gasteiger partial charge is 0.233 e. The molecule has 7 nitrogen and oxygen atoms in total. The lowest BCUT2D eigenvalue weighted by molar-refractivity contribution is -0.128. The van der Waals surface area contributed by atoms with E-state index >= 15 is 0 Å². The van der Waals surface area contributed by atoms with Gasteiger partial charge in [-0.1, -0.05) is 49.9 Å². The maximum absolute atomic E-state index is 14.0. The Hall–Kier alpha value is -2.94. The third kappa shape index (κ3) is 4.87. The summed E-state index contributed by atoms with van der Waals surface area (Å²) in [5.74, 6) is 0.506. The molecule has 3 aromatic rings. The van der Waals surface area contributed by atoms with Crippen LogP contribution in [0, 0.1) is 5.82 Å². The van der Waals surface area contributed by atoms with Crippen molar-refractivity contribution in [3.63, 3.8) is 0 Å². The Morgan fingerprint density at radius 1 is 1.06 bits per heavy atom. The Kier molecular flexibility index (Phi) is 6.50. The molecule has 2 aromatic carbocycles. The first kappa shape index (κ1) is 21.3. The maximum atomic E-state index is 14.0. The van der Waals surface area contributed by atoms with Crippen LogP contribution in [0.5, 0.6) is 0 Å². The molecule has 0 saturated carbocycles. The monoisotopic (exact) mass is 440 g/mol. The van der Waals surface area contributed by atoms with Crippen LogP contribution < -0.4 is 4.90 Å². The molecule has 9 heteroatoms. The number of amides is 1. The predicted molar refractivity (Wildman–Crippen MR) is 119 cm³/mol. The van der Waals surface area contributed by atoms with Crippen molar-refractivity contribution in [2.24, 2.45) is 0 Å². The van der Waals surface area contributed by atoms with Crippen LogP contribution in [-0.4, -0.2) is 62.9 Å². The number of carbonyl (C=O) groups excluding carboxylic acids is 1. The second kappa shape index (κ2) is 9.47. The highest BCUT2D eigenvalue weighted by Gasteiger charge is 2.23. The van der Waals surface area contributed by atoms with Crippen LogP contribution in [0.15, 0.2) is 53.7 Å². The van der Waals surface area contributed by atoms with Crippen LogP contribution in [0.2, 0.25) is 0 Å². The van der Waals surface area contributed by atoms with E-state index < -0.39 is 0 Å². The van der Waals surface area contributed by atoms with Gasteiger partial charge >= 0.3 is 0 Å². The van der Waals surface area contributed by atoms with E-state index in [4.69, 9.17) is 0 Å². The highest BCUT2D eigenvalue weighted by atomic mass is 32.2. The fraction of sp³-hybridized carbons (Fsp3) is 0.364. The van der Waals surface area contributed by atoms with E-state index in [1.165, 1.54) is 23.4 Å². The normalized spacial score (nSPS) is 14.3. The number of piperazine rings is 1. The van der Waals surface area contributed by atoms with E-state index in [2.05, 4.69) is 41.5 Å². The van der Waals surface area contributed by atoms with Gasteiger partial charge in [-0.25, -0.2) is 4.39 Å². The first-order valence-electron chi connectivity index (χ1n) is 10.3. The number of rotatable bonds is 6. The number of thioether (sulfide) groups is 1. The zero-order chi connectivity index (χ0) is 21.8. The third-order valence-electron chi connectivity index (χ3n) is 5.40. The summed E-state index contributed by atoms with van der Waals surface area (Å²) < 4.78 is 15.7. The number of nitrogens with zero attached hydrogens (tertiary/aromatic N) is 6. The molecule has 2 heterocycles. The maximum Gasteiger partial charge on any atom is 0.233 e. The van der Waals surface area contributed by atoms with Gasteiger partial charge in [0.2, 0.25) is 11.1 Å². The molecule has 1 amide bonds. The van der Waals surface area contributed by atoms with E-state index in [-0.39, 0.29) is 17.5 Å². The molecule has 1 aliphatic heterocycles. The first-order valence-corrected chi connectivity index (χ1v) is 11.3. The van der Waals surface area contributed by atoms with Crippen molar-refractivity contribution in [2.75, 3.05) is 36.8 Å². The van der Waals surface area contributed by atoms with Crippen molar-refractivity contribution >= 4 is 23.4 Å². The summed E-state index contributed by atoms with van der Waals surface area (Å²) >= 11 is 1.32. The molecule has 0 unspecified atom stereocenters. The van der Waals surface area contributed by atoms with Gasteiger partial charge in [0, 0.05) is 26.2 Å². The summed E-state index contributed by atoms with van der Waals surface area (Å²) in [4.78, 5) is 16.5. The fourth-order valence-electron chi connectivity index (χ4n) is 3.55. The fourth-order valence-corrected chi connectivity index (χ4v) is 4.35. The molecule has 0 atom stereocenters. The van der Waals surface area contributed by atoms with Crippen LogP contribution in [-0.2, 0) is 4.79 Å². The van der Waals surface area contributed by atoms with Gasteiger partial charge in [-0.15, -0.1) is 5.10 Å². The van der Waals surface area contributed by atoms with Crippen LogP contribution >= 0.6 is 11.8 Å². The Balaban J connectivity index is 1.33. The van der Waals surface area contributed by atoms with Crippen molar-refractivity contribution in [1.82, 2.24) is 25.1 Å².